The van der Waals surface area contributed by atoms with Crippen molar-refractivity contribution in [1.82, 2.24) is 4.90 Å². The van der Waals surface area contributed by atoms with E-state index < -0.39 is 10.0 Å². The van der Waals surface area contributed by atoms with Crippen LogP contribution in [0.1, 0.15) is 16.7 Å². The Balaban J connectivity index is 1.78. The van der Waals surface area contributed by atoms with Gasteiger partial charge in [0.1, 0.15) is 0 Å². The van der Waals surface area contributed by atoms with E-state index in [0.29, 0.717) is 19.5 Å². The lowest BCUT2D eigenvalue weighted by atomic mass is 9.99. The van der Waals surface area contributed by atoms with E-state index in [9.17, 15) is 13.2 Å². The predicted molar refractivity (Wildman–Crippen MR) is 87.1 cm³/mol. The second-order valence-corrected chi connectivity index (χ2v) is 7.26. The van der Waals surface area contributed by atoms with Crippen LogP contribution in [0.5, 0.6) is 0 Å². The zero-order valence-electron chi connectivity index (χ0n) is 12.6. The lowest BCUT2D eigenvalue weighted by Crippen LogP contribution is -2.37. The Morgan fingerprint density at radius 2 is 1.83 bits per heavy atom. The maximum Gasteiger partial charge on any atom is 0.238 e. The molecule has 3 rings (SSSR count). The summed E-state index contributed by atoms with van der Waals surface area (Å²) in [6, 6.07) is 14.5. The van der Waals surface area contributed by atoms with Crippen molar-refractivity contribution < 1.29 is 13.2 Å². The molecule has 23 heavy (non-hydrogen) atoms. The van der Waals surface area contributed by atoms with E-state index in [1.165, 1.54) is 6.07 Å². The highest BCUT2D eigenvalue weighted by molar-refractivity contribution is 7.89. The molecule has 0 saturated carbocycles. The Bertz CT molecular complexity index is 832. The SMILES string of the molecule is NS(=O)(=O)c1ccc2c(c1)CN(C(=O)Cc1ccccc1)CC2. The van der Waals surface area contributed by atoms with Crippen molar-refractivity contribution in [2.45, 2.75) is 24.3 Å². The highest BCUT2D eigenvalue weighted by Crippen LogP contribution is 2.22. The summed E-state index contributed by atoms with van der Waals surface area (Å²) in [5.41, 5.74) is 2.90. The van der Waals surface area contributed by atoms with Gasteiger partial charge in [0.05, 0.1) is 11.3 Å². The van der Waals surface area contributed by atoms with Gasteiger partial charge in [-0.25, -0.2) is 13.6 Å². The normalized spacial score (nSPS) is 14.4. The molecule has 1 aliphatic heterocycles. The lowest BCUT2D eigenvalue weighted by Gasteiger charge is -2.29. The summed E-state index contributed by atoms with van der Waals surface area (Å²) in [4.78, 5) is 14.3. The number of hydrogen-bond donors (Lipinski definition) is 1. The molecule has 0 spiro atoms. The van der Waals surface area contributed by atoms with Crippen LogP contribution in [0.2, 0.25) is 0 Å². The summed E-state index contributed by atoms with van der Waals surface area (Å²) in [7, 11) is -3.73. The van der Waals surface area contributed by atoms with E-state index in [1.54, 1.807) is 17.0 Å². The van der Waals surface area contributed by atoms with Gasteiger partial charge in [0.15, 0.2) is 0 Å². The minimum Gasteiger partial charge on any atom is -0.338 e. The number of sulfonamides is 1. The van der Waals surface area contributed by atoms with E-state index in [-0.39, 0.29) is 10.8 Å². The molecule has 2 aromatic rings. The van der Waals surface area contributed by atoms with Gasteiger partial charge in [-0.2, -0.15) is 0 Å². The van der Waals surface area contributed by atoms with E-state index in [2.05, 4.69) is 0 Å². The fraction of sp³-hybridized carbons (Fsp3) is 0.235. The van der Waals surface area contributed by atoms with E-state index in [4.69, 9.17) is 5.14 Å². The number of benzene rings is 2. The maximum absolute atomic E-state index is 12.4. The molecule has 0 unspecified atom stereocenters. The molecule has 0 saturated heterocycles. The van der Waals surface area contributed by atoms with Crippen LogP contribution in [-0.2, 0) is 34.2 Å². The summed E-state index contributed by atoms with van der Waals surface area (Å²) in [5.74, 6) is 0.0443. The van der Waals surface area contributed by atoms with Gasteiger partial charge in [0.2, 0.25) is 15.9 Å². The monoisotopic (exact) mass is 330 g/mol. The Morgan fingerprint density at radius 3 is 2.52 bits per heavy atom. The predicted octanol–water partition coefficient (Wildman–Crippen LogP) is 1.46. The lowest BCUT2D eigenvalue weighted by molar-refractivity contribution is -0.131. The second-order valence-electron chi connectivity index (χ2n) is 5.70. The van der Waals surface area contributed by atoms with Crippen molar-refractivity contribution in [3.05, 3.63) is 65.2 Å². The van der Waals surface area contributed by atoms with Crippen LogP contribution >= 0.6 is 0 Å². The first-order valence-electron chi connectivity index (χ1n) is 7.40. The van der Waals surface area contributed by atoms with Crippen molar-refractivity contribution in [2.75, 3.05) is 6.54 Å². The Hall–Kier alpha value is -2.18. The van der Waals surface area contributed by atoms with Crippen LogP contribution < -0.4 is 5.14 Å². The van der Waals surface area contributed by atoms with Crippen LogP contribution in [0.25, 0.3) is 0 Å². The van der Waals surface area contributed by atoms with E-state index >= 15 is 0 Å². The highest BCUT2D eigenvalue weighted by Gasteiger charge is 2.22. The average molecular weight is 330 g/mol. The molecule has 1 heterocycles. The molecule has 0 bridgehead atoms. The number of hydrogen-bond acceptors (Lipinski definition) is 3. The number of carbonyl (C=O) groups excluding carboxylic acids is 1. The van der Waals surface area contributed by atoms with Crippen LogP contribution in [0.3, 0.4) is 0 Å². The first-order valence-corrected chi connectivity index (χ1v) is 8.94. The van der Waals surface area contributed by atoms with Gasteiger partial charge < -0.3 is 4.90 Å². The van der Waals surface area contributed by atoms with Gasteiger partial charge in [-0.15, -0.1) is 0 Å². The van der Waals surface area contributed by atoms with Crippen LogP contribution in [0.15, 0.2) is 53.4 Å². The van der Waals surface area contributed by atoms with Gasteiger partial charge in [-0.3, -0.25) is 4.79 Å². The van der Waals surface area contributed by atoms with Crippen molar-refractivity contribution in [2.24, 2.45) is 5.14 Å². The third-order valence-electron chi connectivity index (χ3n) is 4.07. The third-order valence-corrected chi connectivity index (χ3v) is 4.98. The molecule has 2 aromatic carbocycles. The zero-order valence-corrected chi connectivity index (χ0v) is 13.4. The molecule has 2 N–H and O–H groups in total. The molecule has 0 fully saturated rings. The molecule has 1 aliphatic rings. The van der Waals surface area contributed by atoms with E-state index in [1.807, 2.05) is 30.3 Å². The van der Waals surface area contributed by atoms with Crippen LogP contribution in [-0.4, -0.2) is 25.8 Å². The van der Waals surface area contributed by atoms with Gasteiger partial charge in [-0.1, -0.05) is 36.4 Å². The minimum absolute atomic E-state index is 0.0443. The fourth-order valence-electron chi connectivity index (χ4n) is 2.81. The Morgan fingerprint density at radius 1 is 1.09 bits per heavy atom. The molecule has 6 heteroatoms. The fourth-order valence-corrected chi connectivity index (χ4v) is 3.37. The summed E-state index contributed by atoms with van der Waals surface area (Å²) in [6.45, 7) is 1.07. The number of carbonyl (C=O) groups is 1. The van der Waals surface area contributed by atoms with E-state index in [0.717, 1.165) is 23.1 Å². The number of fused-ring (bicyclic) bond motifs is 1. The number of nitrogens with zero attached hydrogens (tertiary/aromatic N) is 1. The molecule has 120 valence electrons. The largest absolute Gasteiger partial charge is 0.338 e. The first-order chi connectivity index (χ1) is 10.9. The number of nitrogens with two attached hydrogens (primary N) is 1. The summed E-state index contributed by atoms with van der Waals surface area (Å²) in [6.07, 6.45) is 1.08. The van der Waals surface area contributed by atoms with Crippen molar-refractivity contribution >= 4 is 15.9 Å². The minimum atomic E-state index is -3.73. The van der Waals surface area contributed by atoms with Gasteiger partial charge >= 0.3 is 0 Å². The van der Waals surface area contributed by atoms with Gasteiger partial charge in [-0.05, 0) is 35.2 Å². The Labute approximate surface area is 135 Å². The number of amides is 1. The van der Waals surface area contributed by atoms with Crippen molar-refractivity contribution in [1.29, 1.82) is 0 Å². The second kappa shape index (κ2) is 6.14. The molecule has 0 atom stereocenters. The van der Waals surface area contributed by atoms with Gasteiger partial charge in [0, 0.05) is 13.1 Å². The summed E-state index contributed by atoms with van der Waals surface area (Å²) in [5, 5.41) is 5.18. The quantitative estimate of drug-likeness (QED) is 0.925. The molecule has 0 aromatic heterocycles. The molecule has 0 radical (unpaired) electrons. The Kier molecular flexibility index (Phi) is 4.19. The van der Waals surface area contributed by atoms with Crippen molar-refractivity contribution in [3.8, 4) is 0 Å². The standard InChI is InChI=1S/C17H18N2O3S/c18-23(21,22)16-7-6-14-8-9-19(12-15(14)11-16)17(20)10-13-4-2-1-3-5-13/h1-7,11H,8-10,12H2,(H2,18,21,22). The van der Waals surface area contributed by atoms with Crippen molar-refractivity contribution in [3.63, 3.8) is 0 Å². The van der Waals surface area contributed by atoms with Gasteiger partial charge in [0.25, 0.3) is 0 Å². The topological polar surface area (TPSA) is 80.5 Å². The molecule has 5 nitrogen and oxygen atoms in total. The maximum atomic E-state index is 12.4. The molecular weight excluding hydrogens is 312 g/mol. The average Bonchev–Trinajstić information content (AvgIpc) is 2.54. The molecular formula is C17H18N2O3S. The molecule has 0 aliphatic carbocycles. The van der Waals surface area contributed by atoms with Crippen LogP contribution in [0, 0.1) is 0 Å². The smallest absolute Gasteiger partial charge is 0.238 e. The zero-order chi connectivity index (χ0) is 16.4. The van der Waals surface area contributed by atoms with Crippen LogP contribution in [0.4, 0.5) is 0 Å². The number of primary sulfonamides is 1. The highest BCUT2D eigenvalue weighted by atomic mass is 32.2. The summed E-state index contributed by atoms with van der Waals surface area (Å²) >= 11 is 0. The third kappa shape index (κ3) is 3.60. The summed E-state index contributed by atoms with van der Waals surface area (Å²) < 4.78 is 22.9. The molecule has 1 amide bonds. The number of rotatable bonds is 3. The first kappa shape index (κ1) is 15.7.